The summed E-state index contributed by atoms with van der Waals surface area (Å²) in [6.45, 7) is 5.70. The minimum atomic E-state index is -2.92. The van der Waals surface area contributed by atoms with Gasteiger partial charge in [0.1, 0.15) is 16.9 Å². The van der Waals surface area contributed by atoms with Crippen molar-refractivity contribution in [2.75, 3.05) is 18.1 Å². The van der Waals surface area contributed by atoms with E-state index in [0.717, 1.165) is 0 Å². The Morgan fingerprint density at radius 2 is 1.95 bits per heavy atom. The monoisotopic (exact) mass is 326 g/mol. The Bertz CT molecular complexity index is 643. The van der Waals surface area contributed by atoms with Gasteiger partial charge in [-0.3, -0.25) is 0 Å². The molecule has 1 aliphatic rings. The number of rotatable bonds is 4. The molecule has 22 heavy (non-hydrogen) atoms. The molecule has 0 bridgehead atoms. The van der Waals surface area contributed by atoms with Crippen LogP contribution in [0.5, 0.6) is 5.75 Å². The summed E-state index contributed by atoms with van der Waals surface area (Å²) < 4.78 is 33.9. The maximum Gasteiger partial charge on any atom is 0.342 e. The van der Waals surface area contributed by atoms with Crippen molar-refractivity contribution in [3.05, 3.63) is 29.8 Å². The summed E-state index contributed by atoms with van der Waals surface area (Å²) in [6.07, 6.45) is 0.608. The van der Waals surface area contributed by atoms with Crippen LogP contribution in [0, 0.1) is 5.92 Å². The molecule has 0 spiro atoms. The molecule has 0 saturated carbocycles. The Morgan fingerprint density at radius 1 is 1.27 bits per heavy atom. The first kappa shape index (κ1) is 16.8. The number of benzene rings is 1. The number of sulfone groups is 1. The third-order valence-corrected chi connectivity index (χ3v) is 5.14. The molecule has 122 valence electrons. The maximum absolute atomic E-state index is 12.2. The van der Waals surface area contributed by atoms with E-state index in [0.29, 0.717) is 24.3 Å². The van der Waals surface area contributed by atoms with Gasteiger partial charge in [-0.25, -0.2) is 13.2 Å². The van der Waals surface area contributed by atoms with Gasteiger partial charge in [0.25, 0.3) is 0 Å². The Hall–Kier alpha value is -1.56. The smallest absolute Gasteiger partial charge is 0.342 e. The van der Waals surface area contributed by atoms with E-state index in [9.17, 15) is 13.2 Å². The van der Waals surface area contributed by atoms with Gasteiger partial charge in [-0.1, -0.05) is 12.1 Å². The number of esters is 1. The molecule has 0 radical (unpaired) electrons. The van der Waals surface area contributed by atoms with Crippen LogP contribution in [-0.2, 0) is 14.6 Å². The van der Waals surface area contributed by atoms with Crippen molar-refractivity contribution in [1.29, 1.82) is 0 Å². The second kappa shape index (κ2) is 6.28. The molecule has 1 aliphatic heterocycles. The Kier molecular flexibility index (Phi) is 4.80. The van der Waals surface area contributed by atoms with Crippen LogP contribution in [-0.4, -0.2) is 38.1 Å². The minimum Gasteiger partial charge on any atom is -0.492 e. The van der Waals surface area contributed by atoms with Gasteiger partial charge in [-0.15, -0.1) is 0 Å². The summed E-state index contributed by atoms with van der Waals surface area (Å²) in [7, 11) is -2.92. The molecule has 1 atom stereocenters. The molecule has 0 aliphatic carbocycles. The van der Waals surface area contributed by atoms with Crippen molar-refractivity contribution in [2.24, 2.45) is 5.92 Å². The fourth-order valence-corrected chi connectivity index (χ4v) is 4.15. The van der Waals surface area contributed by atoms with Gasteiger partial charge >= 0.3 is 5.97 Å². The van der Waals surface area contributed by atoms with Gasteiger partial charge in [-0.05, 0) is 39.3 Å². The highest BCUT2D eigenvalue weighted by molar-refractivity contribution is 7.91. The SMILES string of the molecule is CC(C)(C)OC(=O)c1ccccc1OCC1CCS(=O)(=O)C1. The molecule has 2 rings (SSSR count). The summed E-state index contributed by atoms with van der Waals surface area (Å²) in [4.78, 5) is 12.2. The number of carbonyl (C=O) groups is 1. The van der Waals surface area contributed by atoms with E-state index in [2.05, 4.69) is 0 Å². The first-order valence-electron chi connectivity index (χ1n) is 7.32. The number of ether oxygens (including phenoxy) is 2. The normalized spacial score (nSPS) is 20.6. The zero-order chi connectivity index (χ0) is 16.4. The fourth-order valence-electron chi connectivity index (χ4n) is 2.31. The molecule has 5 nitrogen and oxygen atoms in total. The third-order valence-electron chi connectivity index (χ3n) is 3.31. The number of hydrogen-bond donors (Lipinski definition) is 0. The Balaban J connectivity index is 2.04. The standard InChI is InChI=1S/C16H22O5S/c1-16(2,3)21-15(17)13-6-4-5-7-14(13)20-10-12-8-9-22(18,19)11-12/h4-7,12H,8-11H2,1-3H3. The van der Waals surface area contributed by atoms with Gasteiger partial charge in [-0.2, -0.15) is 0 Å². The maximum atomic E-state index is 12.2. The minimum absolute atomic E-state index is 0.0170. The molecule has 1 fully saturated rings. The van der Waals surface area contributed by atoms with E-state index in [-0.39, 0.29) is 17.4 Å². The molecule has 0 N–H and O–H groups in total. The van der Waals surface area contributed by atoms with E-state index in [1.54, 1.807) is 45.0 Å². The van der Waals surface area contributed by atoms with Crippen LogP contribution in [0.1, 0.15) is 37.6 Å². The van der Waals surface area contributed by atoms with Gasteiger partial charge in [0.15, 0.2) is 9.84 Å². The van der Waals surface area contributed by atoms with E-state index >= 15 is 0 Å². The summed E-state index contributed by atoms with van der Waals surface area (Å²) in [5.41, 5.74) is -0.220. The highest BCUT2D eigenvalue weighted by Gasteiger charge is 2.29. The first-order valence-corrected chi connectivity index (χ1v) is 9.14. The number of para-hydroxylation sites is 1. The number of carbonyl (C=O) groups excluding carboxylic acids is 1. The Morgan fingerprint density at radius 3 is 2.55 bits per heavy atom. The molecule has 1 aromatic rings. The molecule has 0 aromatic heterocycles. The second-order valence-electron chi connectivity index (χ2n) is 6.58. The van der Waals surface area contributed by atoms with Gasteiger partial charge < -0.3 is 9.47 Å². The highest BCUT2D eigenvalue weighted by Crippen LogP contribution is 2.24. The zero-order valence-corrected chi connectivity index (χ0v) is 14.0. The summed E-state index contributed by atoms with van der Waals surface area (Å²) in [5.74, 6) is 0.343. The number of hydrogen-bond acceptors (Lipinski definition) is 5. The van der Waals surface area contributed by atoms with Crippen molar-refractivity contribution in [3.63, 3.8) is 0 Å². The van der Waals surface area contributed by atoms with Gasteiger partial charge in [0.05, 0.1) is 18.1 Å². The predicted octanol–water partition coefficient (Wildman–Crippen LogP) is 2.46. The lowest BCUT2D eigenvalue weighted by Crippen LogP contribution is -2.24. The molecule has 1 saturated heterocycles. The van der Waals surface area contributed by atoms with Crippen molar-refractivity contribution in [1.82, 2.24) is 0 Å². The van der Waals surface area contributed by atoms with E-state index in [1.807, 2.05) is 0 Å². The van der Waals surface area contributed by atoms with E-state index < -0.39 is 21.4 Å². The largest absolute Gasteiger partial charge is 0.492 e. The second-order valence-corrected chi connectivity index (χ2v) is 8.81. The average Bonchev–Trinajstić information content (AvgIpc) is 2.74. The molecule has 1 unspecified atom stereocenters. The van der Waals surface area contributed by atoms with Crippen LogP contribution >= 0.6 is 0 Å². The van der Waals surface area contributed by atoms with Crippen molar-refractivity contribution >= 4 is 15.8 Å². The zero-order valence-electron chi connectivity index (χ0n) is 13.2. The van der Waals surface area contributed by atoms with Crippen LogP contribution < -0.4 is 4.74 Å². The van der Waals surface area contributed by atoms with Gasteiger partial charge in [0.2, 0.25) is 0 Å². The highest BCUT2D eigenvalue weighted by atomic mass is 32.2. The quantitative estimate of drug-likeness (QED) is 0.795. The summed E-state index contributed by atoms with van der Waals surface area (Å²) >= 11 is 0. The molecule has 6 heteroatoms. The van der Waals surface area contributed by atoms with Gasteiger partial charge in [0, 0.05) is 5.92 Å². The summed E-state index contributed by atoms with van der Waals surface area (Å²) in [5, 5.41) is 0. The van der Waals surface area contributed by atoms with Crippen LogP contribution in [0.25, 0.3) is 0 Å². The summed E-state index contributed by atoms with van der Waals surface area (Å²) in [6, 6.07) is 6.86. The fraction of sp³-hybridized carbons (Fsp3) is 0.562. The molecular weight excluding hydrogens is 304 g/mol. The lowest BCUT2D eigenvalue weighted by molar-refractivity contribution is 0.00653. The molecule has 1 heterocycles. The van der Waals surface area contributed by atoms with E-state index in [4.69, 9.17) is 9.47 Å². The van der Waals surface area contributed by atoms with E-state index in [1.165, 1.54) is 0 Å². The van der Waals surface area contributed by atoms with Crippen molar-refractivity contribution in [3.8, 4) is 5.75 Å². The Labute approximate surface area is 131 Å². The lowest BCUT2D eigenvalue weighted by Gasteiger charge is -2.20. The van der Waals surface area contributed by atoms with Crippen LogP contribution in [0.15, 0.2) is 24.3 Å². The third kappa shape index (κ3) is 4.73. The molecule has 1 aromatic carbocycles. The first-order chi connectivity index (χ1) is 10.2. The molecular formula is C16H22O5S. The van der Waals surface area contributed by atoms with Crippen molar-refractivity contribution < 1.29 is 22.7 Å². The van der Waals surface area contributed by atoms with Crippen molar-refractivity contribution in [2.45, 2.75) is 32.8 Å². The van der Waals surface area contributed by atoms with Crippen LogP contribution in [0.2, 0.25) is 0 Å². The lowest BCUT2D eigenvalue weighted by atomic mass is 10.1. The topological polar surface area (TPSA) is 69.7 Å². The van der Waals surface area contributed by atoms with Crippen LogP contribution in [0.4, 0.5) is 0 Å². The average molecular weight is 326 g/mol. The van der Waals surface area contributed by atoms with Crippen LogP contribution in [0.3, 0.4) is 0 Å². The predicted molar refractivity (Wildman–Crippen MR) is 83.9 cm³/mol. The molecule has 0 amide bonds.